The molecule has 0 atom stereocenters. The molecule has 0 spiro atoms. The Morgan fingerprint density at radius 3 is 2.75 bits per heavy atom. The van der Waals surface area contributed by atoms with E-state index in [0.29, 0.717) is 0 Å². The van der Waals surface area contributed by atoms with Crippen LogP contribution in [0.2, 0.25) is 0 Å². The van der Waals surface area contributed by atoms with Crippen LogP contribution in [0, 0.1) is 22.7 Å². The van der Waals surface area contributed by atoms with Crippen molar-refractivity contribution in [1.82, 2.24) is 4.98 Å². The van der Waals surface area contributed by atoms with Crippen molar-refractivity contribution < 1.29 is 0 Å². The van der Waals surface area contributed by atoms with Gasteiger partial charge in [-0.25, -0.2) is 0 Å². The topological polar surface area (TPSA) is 63.4 Å². The Kier molecular flexibility index (Phi) is 2.76. The van der Waals surface area contributed by atoms with Crippen molar-refractivity contribution in [3.05, 3.63) is 40.0 Å². The monoisotopic (exact) mass is 271 g/mol. The fourth-order valence-electron chi connectivity index (χ4n) is 1.48. The average Bonchev–Trinajstić information content (AvgIpc) is 2.68. The Hall–Kier alpha value is -2.04. The molecule has 0 unspecified atom stereocenters. The highest BCUT2D eigenvalue weighted by molar-refractivity contribution is 9.10. The number of nitrogens with one attached hydrogen (secondary N) is 1. The van der Waals surface area contributed by atoms with Crippen LogP contribution in [0.3, 0.4) is 0 Å². The van der Waals surface area contributed by atoms with Crippen LogP contribution in [0.15, 0.2) is 34.4 Å². The van der Waals surface area contributed by atoms with E-state index in [1.807, 2.05) is 30.3 Å². The molecule has 0 fully saturated rings. The van der Waals surface area contributed by atoms with E-state index >= 15 is 0 Å². The lowest BCUT2D eigenvalue weighted by atomic mass is 10.1. The molecule has 0 amide bonds. The number of nitrogens with zero attached hydrogens (tertiary/aromatic N) is 2. The van der Waals surface area contributed by atoms with Crippen LogP contribution in [-0.2, 0) is 0 Å². The number of hydrogen-bond acceptors (Lipinski definition) is 2. The second-order valence-electron chi connectivity index (χ2n) is 3.22. The zero-order valence-electron chi connectivity index (χ0n) is 8.16. The van der Waals surface area contributed by atoms with Gasteiger partial charge in [-0.2, -0.15) is 10.5 Å². The van der Waals surface area contributed by atoms with Gasteiger partial charge in [-0.1, -0.05) is 15.9 Å². The number of nitriles is 2. The first-order chi connectivity index (χ1) is 7.74. The highest BCUT2D eigenvalue weighted by atomic mass is 79.9. The number of aromatic nitrogens is 1. The Morgan fingerprint density at radius 2 is 2.06 bits per heavy atom. The molecule has 2 aromatic rings. The standard InChI is InChI=1S/C12H6BrN3/c13-10-1-2-12-11(4-10)9(7-16-12)3-8(5-14)6-15/h1-4,7,16H. The summed E-state index contributed by atoms with van der Waals surface area (Å²) in [5.74, 6) is 0. The van der Waals surface area contributed by atoms with Crippen molar-refractivity contribution in [1.29, 1.82) is 10.5 Å². The third kappa shape index (κ3) is 1.84. The molecule has 4 heteroatoms. The van der Waals surface area contributed by atoms with Crippen LogP contribution in [0.1, 0.15) is 5.56 Å². The van der Waals surface area contributed by atoms with Crippen molar-refractivity contribution in [2.45, 2.75) is 0 Å². The van der Waals surface area contributed by atoms with Crippen molar-refractivity contribution in [2.75, 3.05) is 0 Å². The summed E-state index contributed by atoms with van der Waals surface area (Å²) in [6.45, 7) is 0. The number of rotatable bonds is 1. The van der Waals surface area contributed by atoms with Crippen molar-refractivity contribution in [3.63, 3.8) is 0 Å². The van der Waals surface area contributed by atoms with Crippen molar-refractivity contribution >= 4 is 32.9 Å². The Balaban J connectivity index is 2.64. The van der Waals surface area contributed by atoms with Crippen LogP contribution in [0.25, 0.3) is 17.0 Å². The number of fused-ring (bicyclic) bond motifs is 1. The molecule has 16 heavy (non-hydrogen) atoms. The molecule has 0 radical (unpaired) electrons. The van der Waals surface area contributed by atoms with Gasteiger partial charge in [-0.05, 0) is 24.3 Å². The average molecular weight is 272 g/mol. The maximum atomic E-state index is 8.69. The molecule has 1 heterocycles. The number of hydrogen-bond donors (Lipinski definition) is 1. The summed E-state index contributed by atoms with van der Waals surface area (Å²) in [6, 6.07) is 9.51. The molecule has 3 nitrogen and oxygen atoms in total. The van der Waals surface area contributed by atoms with Gasteiger partial charge in [-0.3, -0.25) is 0 Å². The smallest absolute Gasteiger partial charge is 0.130 e. The number of benzene rings is 1. The zero-order valence-corrected chi connectivity index (χ0v) is 9.75. The minimum Gasteiger partial charge on any atom is -0.361 e. The molecule has 0 bridgehead atoms. The summed E-state index contributed by atoms with van der Waals surface area (Å²) in [4.78, 5) is 3.08. The lowest BCUT2D eigenvalue weighted by Gasteiger charge is -1.93. The highest BCUT2D eigenvalue weighted by Gasteiger charge is 2.03. The van der Waals surface area contributed by atoms with Crippen LogP contribution >= 0.6 is 15.9 Å². The summed E-state index contributed by atoms with van der Waals surface area (Å²) in [7, 11) is 0. The molecule has 0 aliphatic rings. The van der Waals surface area contributed by atoms with Gasteiger partial charge >= 0.3 is 0 Å². The minimum atomic E-state index is 0.0980. The summed E-state index contributed by atoms with van der Waals surface area (Å²) in [5.41, 5.74) is 1.92. The SMILES string of the molecule is N#CC(C#N)=Cc1c[nH]c2ccc(Br)cc12. The van der Waals surface area contributed by atoms with Gasteiger partial charge in [0.05, 0.1) is 0 Å². The minimum absolute atomic E-state index is 0.0980. The normalized spacial score (nSPS) is 9.44. The maximum absolute atomic E-state index is 8.69. The quantitative estimate of drug-likeness (QED) is 0.809. The molecular weight excluding hydrogens is 266 g/mol. The molecule has 0 saturated carbocycles. The molecule has 1 aromatic carbocycles. The first-order valence-electron chi connectivity index (χ1n) is 4.53. The van der Waals surface area contributed by atoms with E-state index in [0.717, 1.165) is 20.9 Å². The summed E-state index contributed by atoms with van der Waals surface area (Å²) >= 11 is 3.39. The van der Waals surface area contributed by atoms with Gasteiger partial charge in [0.2, 0.25) is 0 Å². The van der Waals surface area contributed by atoms with E-state index in [1.165, 1.54) is 0 Å². The number of halogens is 1. The maximum Gasteiger partial charge on any atom is 0.130 e. The second kappa shape index (κ2) is 4.22. The zero-order chi connectivity index (χ0) is 11.5. The lowest BCUT2D eigenvalue weighted by Crippen LogP contribution is -1.74. The van der Waals surface area contributed by atoms with Crippen molar-refractivity contribution in [3.8, 4) is 12.1 Å². The molecule has 76 valence electrons. The predicted octanol–water partition coefficient (Wildman–Crippen LogP) is 3.36. The molecule has 0 aliphatic carbocycles. The highest BCUT2D eigenvalue weighted by Crippen LogP contribution is 2.24. The molecule has 2 rings (SSSR count). The molecule has 0 saturated heterocycles. The molecular formula is C12H6BrN3. The second-order valence-corrected chi connectivity index (χ2v) is 4.13. The lowest BCUT2D eigenvalue weighted by molar-refractivity contribution is 1.46. The first-order valence-corrected chi connectivity index (χ1v) is 5.32. The van der Waals surface area contributed by atoms with Crippen LogP contribution < -0.4 is 0 Å². The fraction of sp³-hybridized carbons (Fsp3) is 0. The van der Waals surface area contributed by atoms with Gasteiger partial charge in [0.1, 0.15) is 17.7 Å². The summed E-state index contributed by atoms with van der Waals surface area (Å²) in [5, 5.41) is 18.4. The van der Waals surface area contributed by atoms with E-state index in [9.17, 15) is 0 Å². The third-order valence-electron chi connectivity index (χ3n) is 2.22. The Labute approximate surface area is 101 Å². The van der Waals surface area contributed by atoms with Crippen LogP contribution in [0.5, 0.6) is 0 Å². The Bertz CT molecular complexity index is 637. The third-order valence-corrected chi connectivity index (χ3v) is 2.71. The van der Waals surface area contributed by atoms with Crippen LogP contribution in [0.4, 0.5) is 0 Å². The van der Waals surface area contributed by atoms with Gasteiger partial charge in [0.15, 0.2) is 0 Å². The van der Waals surface area contributed by atoms with Crippen LogP contribution in [-0.4, -0.2) is 4.98 Å². The first kappa shape index (κ1) is 10.5. The van der Waals surface area contributed by atoms with E-state index < -0.39 is 0 Å². The van der Waals surface area contributed by atoms with E-state index in [4.69, 9.17) is 10.5 Å². The Morgan fingerprint density at radius 1 is 1.31 bits per heavy atom. The molecule has 1 N–H and O–H groups in total. The van der Waals surface area contributed by atoms with E-state index in [2.05, 4.69) is 20.9 Å². The fourth-order valence-corrected chi connectivity index (χ4v) is 1.84. The number of H-pyrrole nitrogens is 1. The van der Waals surface area contributed by atoms with Gasteiger partial charge < -0.3 is 4.98 Å². The predicted molar refractivity (Wildman–Crippen MR) is 65.2 cm³/mol. The van der Waals surface area contributed by atoms with Crippen molar-refractivity contribution in [2.24, 2.45) is 0 Å². The van der Waals surface area contributed by atoms with E-state index in [1.54, 1.807) is 12.3 Å². The molecule has 1 aromatic heterocycles. The van der Waals surface area contributed by atoms with E-state index in [-0.39, 0.29) is 5.57 Å². The number of aromatic amines is 1. The largest absolute Gasteiger partial charge is 0.361 e. The van der Waals surface area contributed by atoms with Gasteiger partial charge in [0.25, 0.3) is 0 Å². The van der Waals surface area contributed by atoms with Gasteiger partial charge in [0, 0.05) is 27.1 Å². The molecule has 0 aliphatic heterocycles. The summed E-state index contributed by atoms with van der Waals surface area (Å²) in [6.07, 6.45) is 3.36. The number of allylic oxidation sites excluding steroid dienone is 1. The van der Waals surface area contributed by atoms with Gasteiger partial charge in [-0.15, -0.1) is 0 Å². The summed E-state index contributed by atoms with van der Waals surface area (Å²) < 4.78 is 0.963.